The van der Waals surface area contributed by atoms with Crippen LogP contribution < -0.4 is 0 Å². The molecule has 0 atom stereocenters. The number of rotatable bonds is 5. The Morgan fingerprint density at radius 1 is 0.360 bits per heavy atom. The van der Waals surface area contributed by atoms with Gasteiger partial charge in [0.2, 0.25) is 0 Å². The lowest BCUT2D eigenvalue weighted by Gasteiger charge is -2.17. The molecule has 234 valence electrons. The molecule has 0 aliphatic rings. The zero-order valence-electron chi connectivity index (χ0n) is 26.8. The average Bonchev–Trinajstić information content (AvgIpc) is 3.77. The van der Waals surface area contributed by atoms with E-state index in [0.29, 0.717) is 0 Å². The second-order valence-electron chi connectivity index (χ2n) is 12.3. The zero-order chi connectivity index (χ0) is 33.0. The van der Waals surface area contributed by atoms with E-state index in [1.54, 1.807) is 0 Å². The van der Waals surface area contributed by atoms with Gasteiger partial charge in [0.25, 0.3) is 0 Å². The highest BCUT2D eigenvalue weighted by atomic mass is 15.1. The molecule has 0 saturated carbocycles. The van der Waals surface area contributed by atoms with E-state index in [1.165, 1.54) is 0 Å². The lowest BCUT2D eigenvalue weighted by atomic mass is 9.97. The van der Waals surface area contributed by atoms with Crippen molar-refractivity contribution in [1.82, 2.24) is 29.1 Å². The Labute approximate surface area is 287 Å². The molecule has 0 aliphatic carbocycles. The van der Waals surface area contributed by atoms with Crippen LogP contribution in [0.15, 0.2) is 170 Å². The van der Waals surface area contributed by atoms with Crippen molar-refractivity contribution in [2.45, 2.75) is 0 Å². The van der Waals surface area contributed by atoms with Crippen LogP contribution in [-0.4, -0.2) is 29.1 Å². The van der Waals surface area contributed by atoms with Gasteiger partial charge in [-0.15, -0.1) is 0 Å². The van der Waals surface area contributed by atoms with Crippen molar-refractivity contribution in [3.8, 4) is 45.3 Å². The maximum atomic E-state index is 5.10. The maximum Gasteiger partial charge on any atom is 0.145 e. The van der Waals surface area contributed by atoms with Crippen molar-refractivity contribution < 1.29 is 0 Å². The van der Waals surface area contributed by atoms with Gasteiger partial charge in [0, 0.05) is 45.4 Å². The zero-order valence-corrected chi connectivity index (χ0v) is 26.8. The molecule has 10 aromatic rings. The molecule has 6 aromatic carbocycles. The molecule has 6 nitrogen and oxygen atoms in total. The molecule has 0 bridgehead atoms. The predicted molar refractivity (Wildman–Crippen MR) is 203 cm³/mol. The van der Waals surface area contributed by atoms with Gasteiger partial charge in [0.1, 0.15) is 11.6 Å². The Bertz CT molecular complexity index is 2670. The SMILES string of the molecule is c1ccc(-c2nc3ccccc3n2-c2ccc(-c3ccc(-n4c(-c5ccccc5)nc5ccccc54)c4cccnc34)c3ncccc23)cc1. The van der Waals surface area contributed by atoms with Crippen LogP contribution in [0.3, 0.4) is 0 Å². The number of nitrogens with zero attached hydrogens (tertiary/aromatic N) is 6. The molecular weight excluding hydrogens is 613 g/mol. The normalized spacial score (nSPS) is 11.6. The summed E-state index contributed by atoms with van der Waals surface area (Å²) in [5.41, 5.74) is 12.0. The summed E-state index contributed by atoms with van der Waals surface area (Å²) in [5, 5.41) is 2.07. The predicted octanol–water partition coefficient (Wildman–Crippen LogP) is 10.5. The minimum absolute atomic E-state index is 0.892. The van der Waals surface area contributed by atoms with E-state index in [1.807, 2.05) is 48.8 Å². The van der Waals surface area contributed by atoms with Gasteiger partial charge in [-0.1, -0.05) is 84.9 Å². The molecule has 10 rings (SSSR count). The van der Waals surface area contributed by atoms with Crippen LogP contribution in [0.2, 0.25) is 0 Å². The average molecular weight is 641 g/mol. The van der Waals surface area contributed by atoms with Crippen LogP contribution >= 0.6 is 0 Å². The molecule has 0 unspecified atom stereocenters. The van der Waals surface area contributed by atoms with Crippen LogP contribution in [0, 0.1) is 0 Å². The molecule has 0 radical (unpaired) electrons. The molecule has 0 amide bonds. The van der Waals surface area contributed by atoms with Crippen molar-refractivity contribution in [3.05, 3.63) is 170 Å². The number of aromatic nitrogens is 6. The quantitative estimate of drug-likeness (QED) is 0.188. The third-order valence-corrected chi connectivity index (χ3v) is 9.45. The molecule has 4 heterocycles. The van der Waals surface area contributed by atoms with Gasteiger partial charge in [0.15, 0.2) is 0 Å². The summed E-state index contributed by atoms with van der Waals surface area (Å²) in [4.78, 5) is 20.2. The van der Waals surface area contributed by atoms with E-state index < -0.39 is 0 Å². The largest absolute Gasteiger partial charge is 0.292 e. The van der Waals surface area contributed by atoms with Crippen LogP contribution in [0.4, 0.5) is 0 Å². The first-order chi connectivity index (χ1) is 24.8. The van der Waals surface area contributed by atoms with Crippen molar-refractivity contribution in [2.75, 3.05) is 0 Å². The van der Waals surface area contributed by atoms with Crippen LogP contribution in [0.5, 0.6) is 0 Å². The third kappa shape index (κ3) is 4.36. The molecule has 0 saturated heterocycles. The highest BCUT2D eigenvalue weighted by Gasteiger charge is 2.21. The van der Waals surface area contributed by atoms with Gasteiger partial charge in [-0.05, 0) is 72.8 Å². The number of pyridine rings is 2. The Hall–Kier alpha value is -6.92. The van der Waals surface area contributed by atoms with Gasteiger partial charge in [-0.25, -0.2) is 9.97 Å². The van der Waals surface area contributed by atoms with Gasteiger partial charge in [-0.2, -0.15) is 0 Å². The van der Waals surface area contributed by atoms with E-state index in [2.05, 4.69) is 130 Å². The smallest absolute Gasteiger partial charge is 0.145 e. The van der Waals surface area contributed by atoms with Crippen LogP contribution in [-0.2, 0) is 0 Å². The summed E-state index contributed by atoms with van der Waals surface area (Å²) in [7, 11) is 0. The Balaban J connectivity index is 1.21. The number of imidazole rings is 2. The third-order valence-electron chi connectivity index (χ3n) is 9.45. The van der Waals surface area contributed by atoms with Gasteiger partial charge in [-0.3, -0.25) is 19.1 Å². The number of benzene rings is 6. The Morgan fingerprint density at radius 2 is 0.780 bits per heavy atom. The van der Waals surface area contributed by atoms with Crippen LogP contribution in [0.1, 0.15) is 0 Å². The molecule has 6 heteroatoms. The highest BCUT2D eigenvalue weighted by molar-refractivity contribution is 6.07. The first-order valence-electron chi connectivity index (χ1n) is 16.7. The fourth-order valence-corrected chi connectivity index (χ4v) is 7.24. The van der Waals surface area contributed by atoms with E-state index in [9.17, 15) is 0 Å². The van der Waals surface area contributed by atoms with Gasteiger partial charge in [0.05, 0.1) is 44.5 Å². The first kappa shape index (κ1) is 28.1. The van der Waals surface area contributed by atoms with Crippen LogP contribution in [0.25, 0.3) is 89.2 Å². The fraction of sp³-hybridized carbons (Fsp3) is 0. The molecule has 0 spiro atoms. The summed E-state index contributed by atoms with van der Waals surface area (Å²) >= 11 is 0. The lowest BCUT2D eigenvalue weighted by molar-refractivity contribution is 1.11. The second kappa shape index (κ2) is 11.4. The highest BCUT2D eigenvalue weighted by Crippen LogP contribution is 2.40. The van der Waals surface area contributed by atoms with Gasteiger partial charge >= 0.3 is 0 Å². The lowest BCUT2D eigenvalue weighted by Crippen LogP contribution is -2.01. The second-order valence-corrected chi connectivity index (χ2v) is 12.3. The Kier molecular flexibility index (Phi) is 6.39. The maximum absolute atomic E-state index is 5.10. The van der Waals surface area contributed by atoms with E-state index in [4.69, 9.17) is 19.9 Å². The van der Waals surface area contributed by atoms with Crippen molar-refractivity contribution in [2.24, 2.45) is 0 Å². The monoisotopic (exact) mass is 640 g/mol. The summed E-state index contributed by atoms with van der Waals surface area (Å²) in [6, 6.07) is 54.4. The van der Waals surface area contributed by atoms with Gasteiger partial charge < -0.3 is 0 Å². The summed E-state index contributed by atoms with van der Waals surface area (Å²) < 4.78 is 4.51. The molecule has 4 aromatic heterocycles. The topological polar surface area (TPSA) is 61.4 Å². The number of para-hydroxylation sites is 4. The van der Waals surface area contributed by atoms with E-state index in [0.717, 1.165) is 89.2 Å². The van der Waals surface area contributed by atoms with E-state index >= 15 is 0 Å². The minimum atomic E-state index is 0.892. The standard InChI is InChI=1S/C44H28N6/c1-3-13-29(14-4-1)43-47-35-19-7-9-21-39(35)49(43)37-25-23-31(41-33(37)17-11-27-45-41)32-24-26-38(34-18-12-28-46-42(32)34)50-40-22-10-8-20-36(40)48-44(50)30-15-5-2-6-16-30/h1-28H. The summed E-state index contributed by atoms with van der Waals surface area (Å²) in [6.45, 7) is 0. The van der Waals surface area contributed by atoms with Crippen molar-refractivity contribution >= 4 is 43.9 Å². The summed E-state index contributed by atoms with van der Waals surface area (Å²) in [6.07, 6.45) is 3.74. The van der Waals surface area contributed by atoms with Crippen molar-refractivity contribution in [3.63, 3.8) is 0 Å². The number of hydrogen-bond acceptors (Lipinski definition) is 4. The molecule has 0 aliphatic heterocycles. The van der Waals surface area contributed by atoms with E-state index in [-0.39, 0.29) is 0 Å². The fourth-order valence-electron chi connectivity index (χ4n) is 7.24. The minimum Gasteiger partial charge on any atom is -0.292 e. The summed E-state index contributed by atoms with van der Waals surface area (Å²) in [5.74, 6) is 1.78. The number of hydrogen-bond donors (Lipinski definition) is 0. The molecular formula is C44H28N6. The number of fused-ring (bicyclic) bond motifs is 4. The molecule has 50 heavy (non-hydrogen) atoms. The van der Waals surface area contributed by atoms with Crippen molar-refractivity contribution in [1.29, 1.82) is 0 Å². The molecule has 0 N–H and O–H groups in total. The Morgan fingerprint density at radius 3 is 1.24 bits per heavy atom. The first-order valence-corrected chi connectivity index (χ1v) is 16.7. The molecule has 0 fully saturated rings.